The van der Waals surface area contributed by atoms with E-state index >= 15 is 0 Å². The van der Waals surface area contributed by atoms with Gasteiger partial charge in [0.25, 0.3) is 0 Å². The monoisotopic (exact) mass is 328 g/mol. The van der Waals surface area contributed by atoms with Gasteiger partial charge < -0.3 is 11.1 Å². The Morgan fingerprint density at radius 3 is 2.35 bits per heavy atom. The second kappa shape index (κ2) is 6.98. The summed E-state index contributed by atoms with van der Waals surface area (Å²) in [6, 6.07) is 3.53. The third-order valence-electron chi connectivity index (χ3n) is 3.58. The first-order valence-electron chi connectivity index (χ1n) is 6.22. The molecule has 1 aromatic carbocycles. The highest BCUT2D eigenvalue weighted by Crippen LogP contribution is 2.37. The summed E-state index contributed by atoms with van der Waals surface area (Å²) in [5.74, 6) is 0.286. The molecule has 1 aliphatic rings. The highest BCUT2D eigenvalue weighted by atomic mass is 35.5. The summed E-state index contributed by atoms with van der Waals surface area (Å²) in [6.45, 7) is 1.79. The van der Waals surface area contributed by atoms with Crippen molar-refractivity contribution >= 4 is 24.0 Å². The minimum atomic E-state index is -4.42. The summed E-state index contributed by atoms with van der Waals surface area (Å²) in [6.07, 6.45) is -2.56. The third-order valence-corrected chi connectivity index (χ3v) is 3.89. The molecule has 3 N–H and O–H groups in total. The second-order valence-electron chi connectivity index (χ2n) is 4.85. The Bertz CT molecular complexity index is 446. The molecule has 2 rings (SSSR count). The van der Waals surface area contributed by atoms with Gasteiger partial charge in [-0.3, -0.25) is 0 Å². The maximum atomic E-state index is 12.6. The van der Waals surface area contributed by atoms with Crippen LogP contribution in [-0.2, 0) is 6.18 Å². The topological polar surface area (TPSA) is 38.0 Å². The molecular formula is C13H17Cl2F3N2. The molecule has 0 spiro atoms. The SMILES string of the molecule is Cl.N[C@@H](c1ccc(C(F)(F)F)c(Cl)c1)C1CCNCC1. The fraction of sp³-hybridized carbons (Fsp3) is 0.538. The molecular weight excluding hydrogens is 312 g/mol. The van der Waals surface area contributed by atoms with Crippen LogP contribution in [0.15, 0.2) is 18.2 Å². The van der Waals surface area contributed by atoms with Crippen molar-refractivity contribution in [3.63, 3.8) is 0 Å². The van der Waals surface area contributed by atoms with E-state index < -0.39 is 11.7 Å². The first-order valence-corrected chi connectivity index (χ1v) is 6.60. The lowest BCUT2D eigenvalue weighted by molar-refractivity contribution is -0.137. The van der Waals surface area contributed by atoms with Crippen molar-refractivity contribution in [1.82, 2.24) is 5.32 Å². The first kappa shape index (κ1) is 17.6. The van der Waals surface area contributed by atoms with Crippen LogP contribution in [0.25, 0.3) is 0 Å². The van der Waals surface area contributed by atoms with Gasteiger partial charge in [-0.05, 0) is 49.5 Å². The van der Waals surface area contributed by atoms with Crippen molar-refractivity contribution in [2.45, 2.75) is 25.1 Å². The van der Waals surface area contributed by atoms with Crippen LogP contribution >= 0.6 is 24.0 Å². The van der Waals surface area contributed by atoms with Crippen molar-refractivity contribution in [2.24, 2.45) is 11.7 Å². The zero-order valence-corrected chi connectivity index (χ0v) is 12.3. The normalized spacial score (nSPS) is 18.4. The van der Waals surface area contributed by atoms with E-state index in [9.17, 15) is 13.2 Å². The summed E-state index contributed by atoms with van der Waals surface area (Å²) in [5.41, 5.74) is 5.99. The second-order valence-corrected chi connectivity index (χ2v) is 5.26. The fourth-order valence-electron chi connectivity index (χ4n) is 2.44. The van der Waals surface area contributed by atoms with Crippen LogP contribution in [-0.4, -0.2) is 13.1 Å². The number of benzene rings is 1. The quantitative estimate of drug-likeness (QED) is 0.867. The van der Waals surface area contributed by atoms with E-state index in [4.69, 9.17) is 17.3 Å². The largest absolute Gasteiger partial charge is 0.417 e. The number of halogens is 5. The molecule has 0 aromatic heterocycles. The summed E-state index contributed by atoms with van der Waals surface area (Å²) >= 11 is 5.71. The van der Waals surface area contributed by atoms with E-state index in [0.29, 0.717) is 5.56 Å². The molecule has 2 nitrogen and oxygen atoms in total. The number of hydrogen-bond donors (Lipinski definition) is 2. The molecule has 0 unspecified atom stereocenters. The molecule has 0 radical (unpaired) electrons. The molecule has 0 amide bonds. The van der Waals surface area contributed by atoms with Gasteiger partial charge in [-0.25, -0.2) is 0 Å². The van der Waals surface area contributed by atoms with Crippen molar-refractivity contribution in [3.8, 4) is 0 Å². The lowest BCUT2D eigenvalue weighted by Crippen LogP contribution is -2.33. The van der Waals surface area contributed by atoms with Gasteiger partial charge in [0.2, 0.25) is 0 Å². The lowest BCUT2D eigenvalue weighted by atomic mass is 9.86. The standard InChI is InChI=1S/C13H16ClF3N2.ClH/c14-11-7-9(1-2-10(11)13(15,16)17)12(18)8-3-5-19-6-4-8;/h1-2,7-8,12,19H,3-6,18H2;1H/t12-;/m1./s1. The van der Waals surface area contributed by atoms with E-state index in [1.54, 1.807) is 0 Å². The summed E-state index contributed by atoms with van der Waals surface area (Å²) < 4.78 is 37.8. The molecule has 1 heterocycles. The zero-order chi connectivity index (χ0) is 14.0. The molecule has 1 aliphatic heterocycles. The number of alkyl halides is 3. The van der Waals surface area contributed by atoms with Gasteiger partial charge in [0, 0.05) is 6.04 Å². The van der Waals surface area contributed by atoms with Gasteiger partial charge in [-0.15, -0.1) is 12.4 Å². The molecule has 1 atom stereocenters. The Labute approximate surface area is 127 Å². The van der Waals surface area contributed by atoms with Crippen molar-refractivity contribution in [2.75, 3.05) is 13.1 Å². The Kier molecular flexibility index (Phi) is 6.13. The highest BCUT2D eigenvalue weighted by molar-refractivity contribution is 6.31. The number of nitrogens with two attached hydrogens (primary N) is 1. The van der Waals surface area contributed by atoms with Crippen LogP contribution in [0.2, 0.25) is 5.02 Å². The molecule has 7 heteroatoms. The van der Waals surface area contributed by atoms with Gasteiger partial charge in [0.1, 0.15) is 0 Å². The van der Waals surface area contributed by atoms with Crippen molar-refractivity contribution < 1.29 is 13.2 Å². The number of rotatable bonds is 2. The predicted octanol–water partition coefficient (Wildman–Crippen LogP) is 3.78. The predicted molar refractivity (Wildman–Crippen MR) is 76.2 cm³/mol. The van der Waals surface area contributed by atoms with Gasteiger partial charge >= 0.3 is 6.18 Å². The van der Waals surface area contributed by atoms with E-state index in [0.717, 1.165) is 32.0 Å². The average molecular weight is 329 g/mol. The van der Waals surface area contributed by atoms with Crippen LogP contribution in [0.5, 0.6) is 0 Å². The van der Waals surface area contributed by atoms with Crippen LogP contribution < -0.4 is 11.1 Å². The summed E-state index contributed by atoms with van der Waals surface area (Å²) in [4.78, 5) is 0. The van der Waals surface area contributed by atoms with Crippen LogP contribution in [0.3, 0.4) is 0 Å². The van der Waals surface area contributed by atoms with E-state index in [2.05, 4.69) is 5.32 Å². The summed E-state index contributed by atoms with van der Waals surface area (Å²) in [5, 5.41) is 2.95. The first-order chi connectivity index (χ1) is 8.89. The van der Waals surface area contributed by atoms with Crippen LogP contribution in [0.1, 0.15) is 30.0 Å². The smallest absolute Gasteiger partial charge is 0.324 e. The maximum absolute atomic E-state index is 12.6. The maximum Gasteiger partial charge on any atom is 0.417 e. The van der Waals surface area contributed by atoms with E-state index in [-0.39, 0.29) is 29.4 Å². The Balaban J connectivity index is 0.00000200. The fourth-order valence-corrected chi connectivity index (χ4v) is 2.74. The third kappa shape index (κ3) is 4.01. The van der Waals surface area contributed by atoms with Crippen molar-refractivity contribution in [3.05, 3.63) is 34.3 Å². The Hall–Kier alpha value is -0.490. The number of piperidine rings is 1. The van der Waals surface area contributed by atoms with Gasteiger partial charge in [0.15, 0.2) is 0 Å². The molecule has 114 valence electrons. The lowest BCUT2D eigenvalue weighted by Gasteiger charge is -2.28. The summed E-state index contributed by atoms with van der Waals surface area (Å²) in [7, 11) is 0. The minimum Gasteiger partial charge on any atom is -0.324 e. The van der Waals surface area contributed by atoms with Crippen LogP contribution in [0, 0.1) is 5.92 Å². The van der Waals surface area contributed by atoms with E-state index in [1.165, 1.54) is 12.1 Å². The molecule has 0 aliphatic carbocycles. The number of hydrogen-bond acceptors (Lipinski definition) is 2. The molecule has 0 saturated carbocycles. The average Bonchev–Trinajstić information content (AvgIpc) is 2.37. The molecule has 1 aromatic rings. The molecule has 1 saturated heterocycles. The Morgan fingerprint density at radius 2 is 1.85 bits per heavy atom. The molecule has 20 heavy (non-hydrogen) atoms. The zero-order valence-electron chi connectivity index (χ0n) is 10.7. The molecule has 1 fully saturated rings. The van der Waals surface area contributed by atoms with Crippen molar-refractivity contribution in [1.29, 1.82) is 0 Å². The minimum absolute atomic E-state index is 0. The Morgan fingerprint density at radius 1 is 1.25 bits per heavy atom. The van der Waals surface area contributed by atoms with Crippen LogP contribution in [0.4, 0.5) is 13.2 Å². The molecule has 0 bridgehead atoms. The van der Waals surface area contributed by atoms with Gasteiger partial charge in [-0.2, -0.15) is 13.2 Å². The number of nitrogens with one attached hydrogen (secondary N) is 1. The van der Waals surface area contributed by atoms with Gasteiger partial charge in [-0.1, -0.05) is 17.7 Å². The highest BCUT2D eigenvalue weighted by Gasteiger charge is 2.33. The van der Waals surface area contributed by atoms with Gasteiger partial charge in [0.05, 0.1) is 10.6 Å². The van der Waals surface area contributed by atoms with E-state index in [1.807, 2.05) is 0 Å².